The normalized spacial score (nSPS) is 42.7. The fourth-order valence-corrected chi connectivity index (χ4v) is 7.00. The van der Waals surface area contributed by atoms with Gasteiger partial charge in [-0.2, -0.15) is 0 Å². The molecule has 1 aromatic rings. The summed E-state index contributed by atoms with van der Waals surface area (Å²) in [6.07, 6.45) is 9.28. The van der Waals surface area contributed by atoms with Crippen LogP contribution in [0, 0.1) is 23.2 Å². The van der Waals surface area contributed by atoms with E-state index >= 15 is 0 Å². The van der Waals surface area contributed by atoms with Crippen LogP contribution in [-0.2, 0) is 6.42 Å². The first kappa shape index (κ1) is 17.6. The molecule has 6 atom stereocenters. The van der Waals surface area contributed by atoms with Crippen molar-refractivity contribution >= 4 is 22.6 Å². The molecular formula is C22H27IO2. The van der Waals surface area contributed by atoms with Gasteiger partial charge < -0.3 is 10.2 Å². The Bertz CT molecular complexity index is 727. The average Bonchev–Trinajstić information content (AvgIpc) is 2.85. The van der Waals surface area contributed by atoms with Gasteiger partial charge in [0.2, 0.25) is 0 Å². The summed E-state index contributed by atoms with van der Waals surface area (Å²) in [5.41, 5.74) is 1.93. The molecule has 0 radical (unpaired) electrons. The van der Waals surface area contributed by atoms with Crippen LogP contribution >= 0.6 is 22.6 Å². The summed E-state index contributed by atoms with van der Waals surface area (Å²) in [7, 11) is 0. The van der Waals surface area contributed by atoms with Gasteiger partial charge in [-0.15, -0.1) is 6.58 Å². The Kier molecular flexibility index (Phi) is 4.31. The molecule has 0 spiro atoms. The van der Waals surface area contributed by atoms with Crippen LogP contribution in [0.1, 0.15) is 49.7 Å². The lowest BCUT2D eigenvalue weighted by Gasteiger charge is -2.55. The Labute approximate surface area is 164 Å². The summed E-state index contributed by atoms with van der Waals surface area (Å²) in [5, 5.41) is 21.3. The summed E-state index contributed by atoms with van der Waals surface area (Å²) >= 11 is 2.23. The number of hydrogen-bond acceptors (Lipinski definition) is 2. The van der Waals surface area contributed by atoms with Gasteiger partial charge in [0.25, 0.3) is 0 Å². The number of benzene rings is 1. The SMILES string of the molecule is C=C[C@H]1C[C@@]2(C)[C@@H](CC[C@@]2(O)/C=C\I)[C@@H]2CCc3cc(O)ccc3[C@H]21. The highest BCUT2D eigenvalue weighted by Gasteiger charge is 2.62. The molecule has 0 aliphatic heterocycles. The Morgan fingerprint density at radius 2 is 2.12 bits per heavy atom. The molecule has 4 rings (SSSR count). The summed E-state index contributed by atoms with van der Waals surface area (Å²) < 4.78 is 1.99. The van der Waals surface area contributed by atoms with Crippen LogP contribution in [0.15, 0.2) is 41.0 Å². The Morgan fingerprint density at radius 3 is 2.84 bits per heavy atom. The molecule has 3 heteroatoms. The monoisotopic (exact) mass is 450 g/mol. The fraction of sp³-hybridized carbons (Fsp3) is 0.545. The first-order valence-corrected chi connectivity index (χ1v) is 10.6. The van der Waals surface area contributed by atoms with Gasteiger partial charge in [-0.3, -0.25) is 0 Å². The molecular weight excluding hydrogens is 423 g/mol. The van der Waals surface area contributed by atoms with Crippen LogP contribution in [0.3, 0.4) is 0 Å². The zero-order valence-electron chi connectivity index (χ0n) is 14.8. The summed E-state index contributed by atoms with van der Waals surface area (Å²) in [4.78, 5) is 0. The standard InChI is InChI=1S/C22H27IO2/c1-3-14-13-21(2)19(8-9-22(21,25)10-11-23)18-6-4-15-12-16(24)5-7-17(15)20(14)18/h3,5,7,10-12,14,18-20,24-25H,1,4,6,8-9,13H2,2H3/b11-10-/t14-,18-,19-,20+,21-,22+/m0/s1. The van der Waals surface area contributed by atoms with Gasteiger partial charge in [0, 0.05) is 5.41 Å². The van der Waals surface area contributed by atoms with Gasteiger partial charge >= 0.3 is 0 Å². The summed E-state index contributed by atoms with van der Waals surface area (Å²) in [6, 6.07) is 5.91. The second-order valence-electron chi connectivity index (χ2n) is 8.49. The predicted octanol–water partition coefficient (Wildman–Crippen LogP) is 5.34. The number of allylic oxidation sites excluding steroid dienone is 1. The maximum atomic E-state index is 11.4. The molecule has 2 nitrogen and oxygen atoms in total. The first-order chi connectivity index (χ1) is 11.9. The number of halogens is 1. The van der Waals surface area contributed by atoms with E-state index in [1.165, 1.54) is 11.1 Å². The van der Waals surface area contributed by atoms with E-state index < -0.39 is 5.60 Å². The topological polar surface area (TPSA) is 40.5 Å². The maximum absolute atomic E-state index is 11.4. The molecule has 0 saturated heterocycles. The van der Waals surface area contributed by atoms with Gasteiger partial charge in [0.05, 0.1) is 5.60 Å². The van der Waals surface area contributed by atoms with Crippen molar-refractivity contribution in [3.63, 3.8) is 0 Å². The lowest BCUT2D eigenvalue weighted by Crippen LogP contribution is -2.52. The predicted molar refractivity (Wildman–Crippen MR) is 110 cm³/mol. The van der Waals surface area contributed by atoms with E-state index in [4.69, 9.17) is 0 Å². The van der Waals surface area contributed by atoms with Crippen LogP contribution < -0.4 is 0 Å². The summed E-state index contributed by atoms with van der Waals surface area (Å²) in [5.74, 6) is 2.37. The fourth-order valence-electron chi connectivity index (χ4n) is 6.41. The number of phenols is 1. The molecule has 1 aromatic carbocycles. The molecule has 0 amide bonds. The lowest BCUT2D eigenvalue weighted by molar-refractivity contribution is -0.0824. The van der Waals surface area contributed by atoms with Gasteiger partial charge in [0.15, 0.2) is 0 Å². The number of aromatic hydroxyl groups is 1. The van der Waals surface area contributed by atoms with E-state index in [0.717, 1.165) is 32.1 Å². The number of aryl methyl sites for hydroxylation is 1. The van der Waals surface area contributed by atoms with Crippen molar-refractivity contribution < 1.29 is 10.2 Å². The Morgan fingerprint density at radius 1 is 1.32 bits per heavy atom. The molecule has 3 aliphatic carbocycles. The molecule has 2 saturated carbocycles. The van der Waals surface area contributed by atoms with Crippen molar-refractivity contribution in [3.05, 3.63) is 52.1 Å². The van der Waals surface area contributed by atoms with E-state index in [2.05, 4.69) is 48.2 Å². The van der Waals surface area contributed by atoms with E-state index in [1.807, 2.05) is 22.3 Å². The number of hydrogen-bond donors (Lipinski definition) is 2. The molecule has 25 heavy (non-hydrogen) atoms. The second-order valence-corrected chi connectivity index (χ2v) is 9.21. The minimum atomic E-state index is -0.694. The Hall–Kier alpha value is -0.810. The van der Waals surface area contributed by atoms with Crippen LogP contribution in [-0.4, -0.2) is 15.8 Å². The first-order valence-electron chi connectivity index (χ1n) is 9.38. The number of aliphatic hydroxyl groups is 1. The molecule has 3 aliphatic rings. The minimum Gasteiger partial charge on any atom is -0.508 e. The molecule has 0 bridgehead atoms. The zero-order valence-corrected chi connectivity index (χ0v) is 16.9. The maximum Gasteiger partial charge on any atom is 0.115 e. The van der Waals surface area contributed by atoms with Gasteiger partial charge in [-0.1, -0.05) is 41.7 Å². The largest absolute Gasteiger partial charge is 0.508 e. The molecule has 0 heterocycles. The number of rotatable bonds is 2. The molecule has 2 N–H and O–H groups in total. The van der Waals surface area contributed by atoms with Crippen molar-refractivity contribution in [2.24, 2.45) is 23.2 Å². The molecule has 134 valence electrons. The molecule has 0 unspecified atom stereocenters. The minimum absolute atomic E-state index is 0.0802. The van der Waals surface area contributed by atoms with Gasteiger partial charge in [0.1, 0.15) is 5.75 Å². The quantitative estimate of drug-likeness (QED) is 0.472. The van der Waals surface area contributed by atoms with Crippen molar-refractivity contribution in [2.75, 3.05) is 0 Å². The highest BCUT2D eigenvalue weighted by atomic mass is 127. The van der Waals surface area contributed by atoms with Gasteiger partial charge in [-0.05, 0) is 89.2 Å². The molecule has 0 aromatic heterocycles. The van der Waals surface area contributed by atoms with Gasteiger partial charge in [-0.25, -0.2) is 0 Å². The third-order valence-corrected chi connectivity index (χ3v) is 7.98. The van der Waals surface area contributed by atoms with E-state index in [-0.39, 0.29) is 5.41 Å². The zero-order chi connectivity index (χ0) is 17.8. The molecule has 2 fully saturated rings. The lowest BCUT2D eigenvalue weighted by atomic mass is 9.50. The highest BCUT2D eigenvalue weighted by molar-refractivity contribution is 14.1. The third-order valence-electron chi connectivity index (χ3n) is 7.62. The second kappa shape index (κ2) is 6.12. The summed E-state index contributed by atoms with van der Waals surface area (Å²) in [6.45, 7) is 6.46. The Balaban J connectivity index is 1.79. The third kappa shape index (κ3) is 2.45. The van der Waals surface area contributed by atoms with Crippen molar-refractivity contribution in [3.8, 4) is 5.75 Å². The van der Waals surface area contributed by atoms with E-state index in [9.17, 15) is 10.2 Å². The van der Waals surface area contributed by atoms with Crippen LogP contribution in [0.2, 0.25) is 0 Å². The van der Waals surface area contributed by atoms with Crippen LogP contribution in [0.25, 0.3) is 0 Å². The van der Waals surface area contributed by atoms with Crippen LogP contribution in [0.5, 0.6) is 5.75 Å². The van der Waals surface area contributed by atoms with Crippen molar-refractivity contribution in [1.29, 1.82) is 0 Å². The average molecular weight is 450 g/mol. The number of phenolic OH excluding ortho intramolecular Hbond substituents is 1. The number of fused-ring (bicyclic) bond motifs is 5. The van der Waals surface area contributed by atoms with Crippen molar-refractivity contribution in [2.45, 2.75) is 50.5 Å². The van der Waals surface area contributed by atoms with Crippen LogP contribution in [0.4, 0.5) is 0 Å². The highest BCUT2D eigenvalue weighted by Crippen LogP contribution is 2.66. The smallest absolute Gasteiger partial charge is 0.115 e. The van der Waals surface area contributed by atoms with Crippen molar-refractivity contribution in [1.82, 2.24) is 0 Å². The van der Waals surface area contributed by atoms with E-state index in [0.29, 0.717) is 29.4 Å². The van der Waals surface area contributed by atoms with E-state index in [1.54, 1.807) is 0 Å².